The maximum Gasteiger partial charge on any atom is 0.278 e. The van der Waals surface area contributed by atoms with Crippen LogP contribution in [0.5, 0.6) is 0 Å². The Labute approximate surface area is 181 Å². The van der Waals surface area contributed by atoms with Crippen LogP contribution in [0.2, 0.25) is 0 Å². The van der Waals surface area contributed by atoms with Gasteiger partial charge < -0.3 is 24.4 Å². The molecule has 0 aromatic heterocycles. The Bertz CT molecular complexity index is 904. The summed E-state index contributed by atoms with van der Waals surface area (Å²) in [6, 6.07) is 5.20. The lowest BCUT2D eigenvalue weighted by Crippen LogP contribution is -2.57. The standard InChI is InChI=1S/C21H29N7O3/c1-24-6-10-26(11-7-24)17-5-3-4-15-18(17)21(30)28(20(15)29)22-16-14-31-23-19(16)27-12-8-25(2)9-13-27/h3-5,16,22H,6-14H2,1-2H3. The highest BCUT2D eigenvalue weighted by molar-refractivity contribution is 6.23. The number of oxime groups is 1. The molecule has 2 fully saturated rings. The quantitative estimate of drug-likeness (QED) is 0.647. The summed E-state index contributed by atoms with van der Waals surface area (Å²) in [7, 11) is 4.19. The predicted octanol–water partition coefficient (Wildman–Crippen LogP) is -0.501. The summed E-state index contributed by atoms with van der Waals surface area (Å²) >= 11 is 0. The van der Waals surface area contributed by atoms with E-state index in [2.05, 4.69) is 44.3 Å². The minimum atomic E-state index is -0.335. The molecular weight excluding hydrogens is 398 g/mol. The highest BCUT2D eigenvalue weighted by Gasteiger charge is 2.42. The van der Waals surface area contributed by atoms with Gasteiger partial charge >= 0.3 is 0 Å². The number of nitrogens with one attached hydrogen (secondary N) is 1. The topological polar surface area (TPSA) is 84.0 Å². The molecule has 4 aliphatic heterocycles. The van der Waals surface area contributed by atoms with Crippen molar-refractivity contribution in [3.8, 4) is 0 Å². The molecule has 2 amide bonds. The van der Waals surface area contributed by atoms with Crippen molar-refractivity contribution in [2.24, 2.45) is 5.16 Å². The van der Waals surface area contributed by atoms with Gasteiger partial charge in [-0.2, -0.15) is 0 Å². The Morgan fingerprint density at radius 3 is 2.23 bits per heavy atom. The van der Waals surface area contributed by atoms with Crippen molar-refractivity contribution in [3.63, 3.8) is 0 Å². The van der Waals surface area contributed by atoms with Crippen LogP contribution in [0.3, 0.4) is 0 Å². The fraction of sp³-hybridized carbons (Fsp3) is 0.571. The Hall–Kier alpha value is -2.69. The molecule has 1 aromatic rings. The van der Waals surface area contributed by atoms with E-state index in [1.165, 1.54) is 0 Å². The first-order chi connectivity index (χ1) is 15.0. The number of hydrogen-bond donors (Lipinski definition) is 1. The zero-order chi connectivity index (χ0) is 21.5. The molecule has 1 unspecified atom stereocenters. The first-order valence-electron chi connectivity index (χ1n) is 10.9. The third kappa shape index (κ3) is 3.64. The van der Waals surface area contributed by atoms with E-state index < -0.39 is 0 Å². The van der Waals surface area contributed by atoms with Gasteiger partial charge in [-0.3, -0.25) is 9.59 Å². The first kappa shape index (κ1) is 20.2. The molecule has 4 aliphatic rings. The molecule has 31 heavy (non-hydrogen) atoms. The molecule has 2 saturated heterocycles. The smallest absolute Gasteiger partial charge is 0.278 e. The minimum Gasteiger partial charge on any atom is -0.392 e. The lowest BCUT2D eigenvalue weighted by Gasteiger charge is -2.35. The SMILES string of the molecule is CN1CCN(C2=NOCC2NN2C(=O)c3cccc(N4CCN(C)CC4)c3C2=O)CC1. The normalized spacial score (nSPS) is 25.2. The van der Waals surface area contributed by atoms with E-state index in [9.17, 15) is 9.59 Å². The number of fused-ring (bicyclic) bond motifs is 1. The summed E-state index contributed by atoms with van der Waals surface area (Å²) in [6.07, 6.45) is 0. The second-order valence-electron chi connectivity index (χ2n) is 8.65. The molecule has 4 heterocycles. The van der Waals surface area contributed by atoms with E-state index in [0.29, 0.717) is 17.7 Å². The Kier molecular flexibility index (Phi) is 5.28. The number of carbonyl (C=O) groups is 2. The van der Waals surface area contributed by atoms with E-state index in [0.717, 1.165) is 68.9 Å². The van der Waals surface area contributed by atoms with Crippen LogP contribution in [0.1, 0.15) is 20.7 Å². The van der Waals surface area contributed by atoms with Gasteiger partial charge in [0.1, 0.15) is 12.6 Å². The van der Waals surface area contributed by atoms with Gasteiger partial charge in [0.2, 0.25) is 0 Å². The van der Waals surface area contributed by atoms with Gasteiger partial charge in [0.05, 0.1) is 16.8 Å². The van der Waals surface area contributed by atoms with Crippen molar-refractivity contribution < 1.29 is 14.4 Å². The number of rotatable bonds is 3. The van der Waals surface area contributed by atoms with Gasteiger partial charge in [-0.05, 0) is 26.2 Å². The van der Waals surface area contributed by atoms with Crippen molar-refractivity contribution in [1.82, 2.24) is 25.1 Å². The van der Waals surface area contributed by atoms with Gasteiger partial charge in [0.15, 0.2) is 5.84 Å². The number of nitrogens with zero attached hydrogens (tertiary/aromatic N) is 6. The van der Waals surface area contributed by atoms with Crippen LogP contribution in [0.15, 0.2) is 23.4 Å². The maximum absolute atomic E-state index is 13.4. The molecule has 0 bridgehead atoms. The highest BCUT2D eigenvalue weighted by atomic mass is 16.6. The third-order valence-electron chi connectivity index (χ3n) is 6.56. The maximum atomic E-state index is 13.4. The Morgan fingerprint density at radius 1 is 0.903 bits per heavy atom. The average molecular weight is 428 g/mol. The van der Waals surface area contributed by atoms with E-state index in [4.69, 9.17) is 4.84 Å². The van der Waals surface area contributed by atoms with Gasteiger partial charge in [0, 0.05) is 52.4 Å². The number of amidine groups is 1. The summed E-state index contributed by atoms with van der Waals surface area (Å²) in [5, 5.41) is 5.35. The number of amides is 2. The van der Waals surface area contributed by atoms with E-state index >= 15 is 0 Å². The molecule has 5 rings (SSSR count). The number of benzene rings is 1. The zero-order valence-electron chi connectivity index (χ0n) is 18.1. The number of imide groups is 1. The summed E-state index contributed by atoms with van der Waals surface area (Å²) in [5.74, 6) is 0.128. The zero-order valence-corrected chi connectivity index (χ0v) is 18.1. The van der Waals surface area contributed by atoms with Crippen LogP contribution in [-0.2, 0) is 4.84 Å². The monoisotopic (exact) mass is 427 g/mol. The molecule has 1 N–H and O–H groups in total. The number of piperazine rings is 2. The largest absolute Gasteiger partial charge is 0.392 e. The van der Waals surface area contributed by atoms with Crippen LogP contribution in [-0.4, -0.2) is 116 Å². The van der Waals surface area contributed by atoms with Crippen molar-refractivity contribution in [2.75, 3.05) is 78.0 Å². The van der Waals surface area contributed by atoms with Crippen LogP contribution in [0, 0.1) is 0 Å². The van der Waals surface area contributed by atoms with E-state index in [-0.39, 0.29) is 17.9 Å². The molecule has 0 saturated carbocycles. The van der Waals surface area contributed by atoms with Crippen molar-refractivity contribution in [1.29, 1.82) is 0 Å². The fourth-order valence-corrected chi connectivity index (χ4v) is 4.58. The average Bonchev–Trinajstić information content (AvgIpc) is 3.34. The van der Waals surface area contributed by atoms with Crippen LogP contribution in [0.4, 0.5) is 5.69 Å². The van der Waals surface area contributed by atoms with Gasteiger partial charge in [-0.1, -0.05) is 11.2 Å². The fourth-order valence-electron chi connectivity index (χ4n) is 4.58. The van der Waals surface area contributed by atoms with E-state index in [1.54, 1.807) is 6.07 Å². The summed E-state index contributed by atoms with van der Waals surface area (Å²) in [6.45, 7) is 7.37. The van der Waals surface area contributed by atoms with Crippen molar-refractivity contribution in [2.45, 2.75) is 6.04 Å². The van der Waals surface area contributed by atoms with Crippen LogP contribution < -0.4 is 10.3 Å². The van der Waals surface area contributed by atoms with Gasteiger partial charge in [0.25, 0.3) is 11.8 Å². The van der Waals surface area contributed by atoms with Gasteiger partial charge in [-0.25, -0.2) is 10.4 Å². The number of hydrogen-bond acceptors (Lipinski definition) is 9. The molecule has 10 heteroatoms. The van der Waals surface area contributed by atoms with Crippen molar-refractivity contribution >= 4 is 23.3 Å². The Morgan fingerprint density at radius 2 is 1.55 bits per heavy atom. The lowest BCUT2D eigenvalue weighted by atomic mass is 10.1. The second kappa shape index (κ2) is 8.10. The second-order valence-corrected chi connectivity index (χ2v) is 8.65. The molecule has 0 radical (unpaired) electrons. The molecule has 0 spiro atoms. The molecule has 1 atom stereocenters. The lowest BCUT2D eigenvalue weighted by molar-refractivity contribution is 0.0524. The Balaban J connectivity index is 1.34. The summed E-state index contributed by atoms with van der Waals surface area (Å²) < 4.78 is 0. The van der Waals surface area contributed by atoms with E-state index in [1.807, 2.05) is 12.1 Å². The molecular formula is C21H29N7O3. The molecule has 166 valence electrons. The first-order valence-corrected chi connectivity index (χ1v) is 10.9. The van der Waals surface area contributed by atoms with Crippen LogP contribution >= 0.6 is 0 Å². The van der Waals surface area contributed by atoms with Crippen molar-refractivity contribution in [3.05, 3.63) is 29.3 Å². The third-order valence-corrected chi connectivity index (χ3v) is 6.56. The number of hydrazine groups is 1. The number of carbonyl (C=O) groups excluding carboxylic acids is 2. The highest BCUT2D eigenvalue weighted by Crippen LogP contribution is 2.32. The van der Waals surface area contributed by atoms with Crippen LogP contribution in [0.25, 0.3) is 0 Å². The van der Waals surface area contributed by atoms with Gasteiger partial charge in [-0.15, -0.1) is 0 Å². The number of likely N-dealkylation sites (N-methyl/N-ethyl adjacent to an activating group) is 2. The minimum absolute atomic E-state index is 0.292. The molecule has 10 nitrogen and oxygen atoms in total. The molecule has 0 aliphatic carbocycles. The summed E-state index contributed by atoms with van der Waals surface area (Å²) in [5.41, 5.74) is 4.89. The summed E-state index contributed by atoms with van der Waals surface area (Å²) in [4.78, 5) is 40.7. The number of anilines is 1. The predicted molar refractivity (Wildman–Crippen MR) is 116 cm³/mol. The molecule has 1 aromatic carbocycles.